The fourth-order valence-corrected chi connectivity index (χ4v) is 1.87. The maximum Gasteiger partial charge on any atom is 0.316 e. The molecule has 1 saturated carbocycles. The van der Waals surface area contributed by atoms with Crippen molar-refractivity contribution < 1.29 is 0 Å². The Bertz CT molecular complexity index is 469. The zero-order valence-electron chi connectivity index (χ0n) is 9.69. The van der Waals surface area contributed by atoms with Crippen LogP contribution in [0.2, 0.25) is 0 Å². The van der Waals surface area contributed by atoms with Crippen molar-refractivity contribution in [2.45, 2.75) is 51.6 Å². The molecular formula is C12H18N2O2. The van der Waals surface area contributed by atoms with Crippen LogP contribution in [0.1, 0.15) is 45.1 Å². The quantitative estimate of drug-likeness (QED) is 0.560. The van der Waals surface area contributed by atoms with Crippen LogP contribution in [-0.4, -0.2) is 9.13 Å². The molecule has 0 N–H and O–H groups in total. The summed E-state index contributed by atoms with van der Waals surface area (Å²) in [6.45, 7) is 2.78. The molecule has 0 atom stereocenters. The average molecular weight is 222 g/mol. The Hall–Kier alpha value is -1.32. The van der Waals surface area contributed by atoms with Gasteiger partial charge in [-0.1, -0.05) is 19.8 Å². The molecule has 0 bridgehead atoms. The first-order valence-electron chi connectivity index (χ1n) is 6.05. The largest absolute Gasteiger partial charge is 0.316 e. The molecule has 1 aliphatic rings. The SMILES string of the molecule is CCCCCn1ccn(C2CC2)c(=O)c1=O. The monoisotopic (exact) mass is 222 g/mol. The number of nitrogens with zero attached hydrogens (tertiary/aromatic N) is 2. The van der Waals surface area contributed by atoms with Gasteiger partial charge in [-0.3, -0.25) is 9.59 Å². The lowest BCUT2D eigenvalue weighted by Crippen LogP contribution is -2.40. The van der Waals surface area contributed by atoms with E-state index in [2.05, 4.69) is 6.92 Å². The lowest BCUT2D eigenvalue weighted by atomic mass is 10.2. The van der Waals surface area contributed by atoms with E-state index in [9.17, 15) is 9.59 Å². The highest BCUT2D eigenvalue weighted by Gasteiger charge is 2.25. The summed E-state index contributed by atoms with van der Waals surface area (Å²) in [5.74, 6) is 0. The smallest absolute Gasteiger partial charge is 0.309 e. The van der Waals surface area contributed by atoms with E-state index in [1.165, 1.54) is 4.57 Å². The van der Waals surface area contributed by atoms with E-state index in [1.54, 1.807) is 17.0 Å². The normalized spacial score (nSPS) is 15.3. The molecule has 1 fully saturated rings. The Morgan fingerprint density at radius 3 is 2.56 bits per heavy atom. The minimum atomic E-state index is -0.370. The Balaban J connectivity index is 2.18. The molecule has 1 aliphatic carbocycles. The van der Waals surface area contributed by atoms with Crippen LogP contribution in [0.4, 0.5) is 0 Å². The predicted molar refractivity (Wildman–Crippen MR) is 62.8 cm³/mol. The number of unbranched alkanes of at least 4 members (excludes halogenated alkanes) is 2. The second-order valence-corrected chi connectivity index (χ2v) is 4.45. The van der Waals surface area contributed by atoms with Crippen LogP contribution in [0.15, 0.2) is 22.0 Å². The lowest BCUT2D eigenvalue weighted by molar-refractivity contribution is 0.562. The molecule has 0 radical (unpaired) electrons. The summed E-state index contributed by atoms with van der Waals surface area (Å²) in [4.78, 5) is 23.5. The third-order valence-corrected chi connectivity index (χ3v) is 3.03. The molecule has 1 aromatic heterocycles. The topological polar surface area (TPSA) is 44.0 Å². The van der Waals surface area contributed by atoms with E-state index < -0.39 is 0 Å². The fourth-order valence-electron chi connectivity index (χ4n) is 1.87. The molecule has 1 aromatic rings. The van der Waals surface area contributed by atoms with Gasteiger partial charge >= 0.3 is 11.1 Å². The molecular weight excluding hydrogens is 204 g/mol. The zero-order chi connectivity index (χ0) is 11.5. The number of hydrogen-bond acceptors (Lipinski definition) is 2. The molecule has 88 valence electrons. The van der Waals surface area contributed by atoms with Crippen LogP contribution in [0.3, 0.4) is 0 Å². The van der Waals surface area contributed by atoms with Crippen molar-refractivity contribution in [1.29, 1.82) is 0 Å². The summed E-state index contributed by atoms with van der Waals surface area (Å²) in [6, 6.07) is 0.283. The average Bonchev–Trinajstić information content (AvgIpc) is 3.09. The van der Waals surface area contributed by atoms with Crippen molar-refractivity contribution in [1.82, 2.24) is 9.13 Å². The van der Waals surface area contributed by atoms with Gasteiger partial charge in [0.1, 0.15) is 0 Å². The van der Waals surface area contributed by atoms with Crippen molar-refractivity contribution in [3.63, 3.8) is 0 Å². The summed E-state index contributed by atoms with van der Waals surface area (Å²) >= 11 is 0. The van der Waals surface area contributed by atoms with Crippen molar-refractivity contribution in [3.05, 3.63) is 33.1 Å². The Kier molecular flexibility index (Phi) is 3.27. The van der Waals surface area contributed by atoms with Gasteiger partial charge in [-0.15, -0.1) is 0 Å². The van der Waals surface area contributed by atoms with Gasteiger partial charge in [0.15, 0.2) is 0 Å². The van der Waals surface area contributed by atoms with Crippen LogP contribution in [0, 0.1) is 0 Å². The highest BCUT2D eigenvalue weighted by Crippen LogP contribution is 2.32. The van der Waals surface area contributed by atoms with Crippen LogP contribution < -0.4 is 11.1 Å². The third kappa shape index (κ3) is 2.26. The highest BCUT2D eigenvalue weighted by molar-refractivity contribution is 4.93. The van der Waals surface area contributed by atoms with E-state index in [1.807, 2.05) is 0 Å². The van der Waals surface area contributed by atoms with Gasteiger partial charge < -0.3 is 9.13 Å². The van der Waals surface area contributed by atoms with Gasteiger partial charge in [-0.2, -0.15) is 0 Å². The molecule has 4 nitrogen and oxygen atoms in total. The van der Waals surface area contributed by atoms with Crippen LogP contribution in [-0.2, 0) is 6.54 Å². The van der Waals surface area contributed by atoms with Crippen molar-refractivity contribution in [2.75, 3.05) is 0 Å². The summed E-state index contributed by atoms with van der Waals surface area (Å²) < 4.78 is 3.12. The fraction of sp³-hybridized carbons (Fsp3) is 0.667. The molecule has 2 rings (SSSR count). The van der Waals surface area contributed by atoms with Gasteiger partial charge in [-0.25, -0.2) is 0 Å². The molecule has 1 heterocycles. The lowest BCUT2D eigenvalue weighted by Gasteiger charge is -2.07. The molecule has 0 amide bonds. The minimum absolute atomic E-state index is 0.283. The summed E-state index contributed by atoms with van der Waals surface area (Å²) in [6.07, 6.45) is 8.73. The van der Waals surface area contributed by atoms with Crippen molar-refractivity contribution in [3.8, 4) is 0 Å². The van der Waals surface area contributed by atoms with E-state index in [0.717, 1.165) is 32.1 Å². The van der Waals surface area contributed by atoms with E-state index in [0.29, 0.717) is 6.54 Å². The predicted octanol–water partition coefficient (Wildman–Crippen LogP) is 1.54. The van der Waals surface area contributed by atoms with Gasteiger partial charge in [0.25, 0.3) is 0 Å². The first kappa shape index (κ1) is 11.2. The van der Waals surface area contributed by atoms with Crippen LogP contribution >= 0.6 is 0 Å². The minimum Gasteiger partial charge on any atom is -0.309 e. The van der Waals surface area contributed by atoms with Crippen LogP contribution in [0.5, 0.6) is 0 Å². The summed E-state index contributed by atoms with van der Waals surface area (Å²) in [5.41, 5.74) is -0.730. The Morgan fingerprint density at radius 2 is 1.94 bits per heavy atom. The number of rotatable bonds is 5. The van der Waals surface area contributed by atoms with Gasteiger partial charge in [0, 0.05) is 25.0 Å². The van der Waals surface area contributed by atoms with Crippen molar-refractivity contribution >= 4 is 0 Å². The van der Waals surface area contributed by atoms with Gasteiger partial charge in [0.2, 0.25) is 0 Å². The molecule has 0 unspecified atom stereocenters. The second kappa shape index (κ2) is 4.68. The molecule has 0 spiro atoms. The van der Waals surface area contributed by atoms with E-state index in [-0.39, 0.29) is 17.2 Å². The first-order valence-corrected chi connectivity index (χ1v) is 6.05. The van der Waals surface area contributed by atoms with Crippen LogP contribution in [0.25, 0.3) is 0 Å². The number of hydrogen-bond donors (Lipinski definition) is 0. The van der Waals surface area contributed by atoms with E-state index >= 15 is 0 Å². The number of aromatic nitrogens is 2. The standard InChI is InChI=1S/C12H18N2O2/c1-2-3-4-7-13-8-9-14(10-5-6-10)12(16)11(13)15/h8-10H,2-7H2,1H3. The maximum absolute atomic E-state index is 11.7. The summed E-state index contributed by atoms with van der Waals surface area (Å²) in [5, 5.41) is 0. The van der Waals surface area contributed by atoms with Gasteiger partial charge in [-0.05, 0) is 19.3 Å². The van der Waals surface area contributed by atoms with Crippen molar-refractivity contribution in [2.24, 2.45) is 0 Å². The summed E-state index contributed by atoms with van der Waals surface area (Å²) in [7, 11) is 0. The molecule has 0 aliphatic heterocycles. The van der Waals surface area contributed by atoms with E-state index in [4.69, 9.17) is 0 Å². The molecule has 0 aromatic carbocycles. The second-order valence-electron chi connectivity index (χ2n) is 4.45. The Labute approximate surface area is 94.5 Å². The third-order valence-electron chi connectivity index (χ3n) is 3.03. The molecule has 16 heavy (non-hydrogen) atoms. The highest BCUT2D eigenvalue weighted by atomic mass is 16.2. The maximum atomic E-state index is 11.7. The van der Waals surface area contributed by atoms with Gasteiger partial charge in [0.05, 0.1) is 0 Å². The molecule has 0 saturated heterocycles. The zero-order valence-corrected chi connectivity index (χ0v) is 9.69. The molecule has 4 heteroatoms. The Morgan fingerprint density at radius 1 is 1.19 bits per heavy atom. The number of aryl methyl sites for hydroxylation is 1. The first-order chi connectivity index (χ1) is 7.74.